The van der Waals surface area contributed by atoms with E-state index in [-0.39, 0.29) is 11.8 Å². The van der Waals surface area contributed by atoms with Gasteiger partial charge in [0.05, 0.1) is 17.7 Å². The molecule has 0 bridgehead atoms. The topological polar surface area (TPSA) is 75.9 Å². The fraction of sp³-hybridized carbons (Fsp3) is 0.320. The molecule has 8 heteroatoms. The van der Waals surface area contributed by atoms with Gasteiger partial charge in [-0.3, -0.25) is 9.59 Å². The minimum atomic E-state index is -0.0362. The summed E-state index contributed by atoms with van der Waals surface area (Å²) in [5, 5.41) is 4.53. The zero-order valence-corrected chi connectivity index (χ0v) is 19.5. The second-order valence-electron chi connectivity index (χ2n) is 8.09. The van der Waals surface area contributed by atoms with E-state index in [0.717, 1.165) is 28.3 Å². The van der Waals surface area contributed by atoms with Gasteiger partial charge in [-0.15, -0.1) is 0 Å². The largest absolute Gasteiger partial charge is 0.489 e. The summed E-state index contributed by atoms with van der Waals surface area (Å²) in [5.41, 5.74) is 3.30. The number of rotatable bonds is 6. The van der Waals surface area contributed by atoms with E-state index in [4.69, 9.17) is 20.9 Å². The van der Waals surface area contributed by atoms with Gasteiger partial charge >= 0.3 is 0 Å². The fourth-order valence-electron chi connectivity index (χ4n) is 3.79. The number of halogens is 1. The van der Waals surface area contributed by atoms with E-state index in [2.05, 4.69) is 5.16 Å². The van der Waals surface area contributed by atoms with Gasteiger partial charge in [-0.05, 0) is 55.8 Å². The van der Waals surface area contributed by atoms with Crippen molar-refractivity contribution in [2.45, 2.75) is 26.9 Å². The summed E-state index contributed by atoms with van der Waals surface area (Å²) in [7, 11) is 0. The average molecular weight is 468 g/mol. The molecule has 0 saturated carbocycles. The molecule has 7 nitrogen and oxygen atoms in total. The van der Waals surface area contributed by atoms with E-state index in [1.54, 1.807) is 29.2 Å². The molecule has 1 aromatic heterocycles. The van der Waals surface area contributed by atoms with Crippen molar-refractivity contribution in [3.05, 3.63) is 81.7 Å². The SMILES string of the molecule is Cc1noc(C)c1COc1ccc(CC(=O)N2CCN(C(=O)c3ccc(Cl)cc3)CC2)cc1. The van der Waals surface area contributed by atoms with Crippen LogP contribution in [0.3, 0.4) is 0 Å². The molecular formula is C25H26ClN3O4. The van der Waals surface area contributed by atoms with E-state index in [1.807, 2.05) is 43.0 Å². The Morgan fingerprint density at radius 1 is 0.970 bits per heavy atom. The number of piperazine rings is 1. The molecule has 3 aromatic rings. The van der Waals surface area contributed by atoms with Gasteiger partial charge in [-0.2, -0.15) is 0 Å². The Morgan fingerprint density at radius 3 is 2.21 bits per heavy atom. The lowest BCUT2D eigenvalue weighted by Gasteiger charge is -2.35. The van der Waals surface area contributed by atoms with Crippen molar-refractivity contribution in [3.8, 4) is 5.75 Å². The van der Waals surface area contributed by atoms with E-state index >= 15 is 0 Å². The van der Waals surface area contributed by atoms with Crippen LogP contribution in [0.4, 0.5) is 0 Å². The van der Waals surface area contributed by atoms with Crippen molar-refractivity contribution in [1.29, 1.82) is 0 Å². The quantitative estimate of drug-likeness (QED) is 0.546. The van der Waals surface area contributed by atoms with Gasteiger partial charge in [0.25, 0.3) is 5.91 Å². The van der Waals surface area contributed by atoms with Crippen LogP contribution < -0.4 is 4.74 Å². The minimum Gasteiger partial charge on any atom is -0.489 e. The Bertz CT molecular complexity index is 1100. The van der Waals surface area contributed by atoms with Gasteiger partial charge in [0.2, 0.25) is 5.91 Å². The monoisotopic (exact) mass is 467 g/mol. The second-order valence-corrected chi connectivity index (χ2v) is 8.53. The normalized spacial score (nSPS) is 13.8. The zero-order valence-electron chi connectivity index (χ0n) is 18.7. The van der Waals surface area contributed by atoms with Crippen LogP contribution >= 0.6 is 11.6 Å². The number of hydrogen-bond donors (Lipinski definition) is 0. The number of carbonyl (C=O) groups excluding carboxylic acids is 2. The number of nitrogens with zero attached hydrogens (tertiary/aromatic N) is 3. The lowest BCUT2D eigenvalue weighted by Crippen LogP contribution is -2.51. The maximum atomic E-state index is 12.8. The molecule has 2 aromatic carbocycles. The van der Waals surface area contributed by atoms with Gasteiger partial charge in [0.15, 0.2) is 0 Å². The van der Waals surface area contributed by atoms with Crippen molar-refractivity contribution >= 4 is 23.4 Å². The molecular weight excluding hydrogens is 442 g/mol. The third-order valence-corrected chi connectivity index (χ3v) is 6.11. The lowest BCUT2D eigenvalue weighted by molar-refractivity contribution is -0.131. The Morgan fingerprint density at radius 2 is 1.61 bits per heavy atom. The van der Waals surface area contributed by atoms with Crippen LogP contribution in [0.2, 0.25) is 5.02 Å². The Hall–Kier alpha value is -3.32. The van der Waals surface area contributed by atoms with Crippen LogP contribution in [0.1, 0.15) is 32.9 Å². The van der Waals surface area contributed by atoms with Crippen molar-refractivity contribution in [2.24, 2.45) is 0 Å². The van der Waals surface area contributed by atoms with Gasteiger partial charge in [-0.1, -0.05) is 28.9 Å². The highest BCUT2D eigenvalue weighted by molar-refractivity contribution is 6.30. The summed E-state index contributed by atoms with van der Waals surface area (Å²) < 4.78 is 11.0. The molecule has 172 valence electrons. The van der Waals surface area contributed by atoms with Crippen LogP contribution in [0.5, 0.6) is 5.75 Å². The maximum absolute atomic E-state index is 12.8. The first-order valence-electron chi connectivity index (χ1n) is 10.9. The third kappa shape index (κ3) is 5.54. The van der Waals surface area contributed by atoms with Gasteiger partial charge in [0.1, 0.15) is 18.1 Å². The molecule has 0 spiro atoms. The van der Waals surface area contributed by atoms with Crippen molar-refractivity contribution in [2.75, 3.05) is 26.2 Å². The number of amides is 2. The molecule has 1 fully saturated rings. The van der Waals surface area contributed by atoms with E-state index in [9.17, 15) is 9.59 Å². The van der Waals surface area contributed by atoms with Crippen molar-refractivity contribution in [3.63, 3.8) is 0 Å². The van der Waals surface area contributed by atoms with Crippen molar-refractivity contribution < 1.29 is 18.8 Å². The number of carbonyl (C=O) groups is 2. The highest BCUT2D eigenvalue weighted by Gasteiger charge is 2.25. The Labute approximate surface area is 197 Å². The van der Waals surface area contributed by atoms with E-state index < -0.39 is 0 Å². The highest BCUT2D eigenvalue weighted by atomic mass is 35.5. The van der Waals surface area contributed by atoms with Crippen LogP contribution in [0.15, 0.2) is 53.1 Å². The molecule has 1 aliphatic rings. The van der Waals surface area contributed by atoms with Gasteiger partial charge in [0, 0.05) is 36.8 Å². The summed E-state index contributed by atoms with van der Waals surface area (Å²) in [6.45, 7) is 6.22. The first kappa shape index (κ1) is 22.9. The summed E-state index contributed by atoms with van der Waals surface area (Å²) in [6.07, 6.45) is 0.315. The van der Waals surface area contributed by atoms with Crippen LogP contribution in [-0.2, 0) is 17.8 Å². The molecule has 0 N–H and O–H groups in total. The van der Waals surface area contributed by atoms with Crippen LogP contribution in [0, 0.1) is 13.8 Å². The third-order valence-electron chi connectivity index (χ3n) is 5.85. The predicted molar refractivity (Wildman–Crippen MR) is 124 cm³/mol. The Kier molecular flexibility index (Phi) is 6.99. The molecule has 0 radical (unpaired) electrons. The number of hydrogen-bond acceptors (Lipinski definition) is 5. The fourth-order valence-corrected chi connectivity index (χ4v) is 3.91. The second kappa shape index (κ2) is 10.1. The van der Waals surface area contributed by atoms with Crippen molar-refractivity contribution in [1.82, 2.24) is 15.0 Å². The molecule has 1 aliphatic heterocycles. The first-order chi connectivity index (χ1) is 15.9. The minimum absolute atomic E-state index is 0.0362. The molecule has 0 atom stereocenters. The Balaban J connectivity index is 1.26. The summed E-state index contributed by atoms with van der Waals surface area (Å²) in [5.74, 6) is 1.49. The zero-order chi connectivity index (χ0) is 23.4. The number of aromatic nitrogens is 1. The molecule has 0 aliphatic carbocycles. The van der Waals surface area contributed by atoms with E-state index in [0.29, 0.717) is 49.8 Å². The van der Waals surface area contributed by atoms with Crippen LogP contribution in [0.25, 0.3) is 0 Å². The van der Waals surface area contributed by atoms with Gasteiger partial charge < -0.3 is 19.1 Å². The number of aryl methyl sites for hydroxylation is 2. The summed E-state index contributed by atoms with van der Waals surface area (Å²) in [4.78, 5) is 29.0. The predicted octanol–water partition coefficient (Wildman–Crippen LogP) is 4.05. The van der Waals surface area contributed by atoms with E-state index in [1.165, 1.54) is 0 Å². The lowest BCUT2D eigenvalue weighted by atomic mass is 10.1. The standard InChI is InChI=1S/C25H26ClN3O4/c1-17-23(18(2)33-27-17)16-32-22-9-3-19(4-10-22)15-24(30)28-11-13-29(14-12-28)25(31)20-5-7-21(26)8-6-20/h3-10H,11-16H2,1-2H3. The molecule has 4 rings (SSSR count). The number of benzene rings is 2. The average Bonchev–Trinajstić information content (AvgIpc) is 3.15. The van der Waals surface area contributed by atoms with Crippen LogP contribution in [-0.4, -0.2) is 52.9 Å². The summed E-state index contributed by atoms with van der Waals surface area (Å²) >= 11 is 5.90. The molecule has 2 heterocycles. The molecule has 33 heavy (non-hydrogen) atoms. The summed E-state index contributed by atoms with van der Waals surface area (Å²) in [6, 6.07) is 14.4. The van der Waals surface area contributed by atoms with Gasteiger partial charge in [-0.25, -0.2) is 0 Å². The molecule has 2 amide bonds. The molecule has 0 unspecified atom stereocenters. The highest BCUT2D eigenvalue weighted by Crippen LogP contribution is 2.19. The molecule has 1 saturated heterocycles. The maximum Gasteiger partial charge on any atom is 0.253 e. The smallest absolute Gasteiger partial charge is 0.253 e. The number of ether oxygens (including phenoxy) is 1. The first-order valence-corrected chi connectivity index (χ1v) is 11.2.